The quantitative estimate of drug-likeness (QED) is 0.575. The van der Waals surface area contributed by atoms with E-state index in [2.05, 4.69) is 15.3 Å². The number of primary amides is 1. The predicted molar refractivity (Wildman–Crippen MR) is 111 cm³/mol. The predicted octanol–water partition coefficient (Wildman–Crippen LogP) is 3.68. The van der Waals surface area contributed by atoms with Crippen molar-refractivity contribution >= 4 is 29.3 Å². The van der Waals surface area contributed by atoms with Gasteiger partial charge >= 0.3 is 5.97 Å². The average Bonchev–Trinajstić information content (AvgIpc) is 2.73. The number of halogens is 1. The second-order valence-electron chi connectivity index (χ2n) is 6.10. The van der Waals surface area contributed by atoms with Gasteiger partial charge < -0.3 is 15.8 Å². The van der Waals surface area contributed by atoms with Gasteiger partial charge in [0.15, 0.2) is 5.82 Å². The highest BCUT2D eigenvalue weighted by Gasteiger charge is 2.16. The van der Waals surface area contributed by atoms with Crippen molar-refractivity contribution in [2.75, 3.05) is 11.9 Å². The summed E-state index contributed by atoms with van der Waals surface area (Å²) in [6, 6.07) is 13.9. The van der Waals surface area contributed by atoms with Gasteiger partial charge in [0.05, 0.1) is 6.61 Å². The first-order valence-electron chi connectivity index (χ1n) is 8.90. The Morgan fingerprint density at radius 2 is 1.79 bits per heavy atom. The van der Waals surface area contributed by atoms with Gasteiger partial charge in [-0.15, -0.1) is 0 Å². The van der Waals surface area contributed by atoms with Gasteiger partial charge in [-0.1, -0.05) is 23.7 Å². The fraction of sp³-hybridized carbons (Fsp3) is 0.143. The second kappa shape index (κ2) is 9.16. The summed E-state index contributed by atoms with van der Waals surface area (Å²) < 4.78 is 5.10. The summed E-state index contributed by atoms with van der Waals surface area (Å²) in [6.07, 6.45) is 1.44. The van der Waals surface area contributed by atoms with Crippen molar-refractivity contribution in [3.8, 4) is 11.4 Å². The van der Waals surface area contributed by atoms with Crippen LogP contribution in [0, 0.1) is 0 Å². The molecule has 0 saturated heterocycles. The minimum atomic E-state index is -0.512. The second-order valence-corrected chi connectivity index (χ2v) is 6.53. The summed E-state index contributed by atoms with van der Waals surface area (Å²) in [4.78, 5) is 32.3. The Kier molecular flexibility index (Phi) is 6.41. The molecule has 0 unspecified atom stereocenters. The third kappa shape index (κ3) is 5.08. The van der Waals surface area contributed by atoms with Crippen LogP contribution in [0.1, 0.15) is 33.2 Å². The maximum absolute atomic E-state index is 12.3. The zero-order chi connectivity index (χ0) is 20.8. The van der Waals surface area contributed by atoms with Crippen molar-refractivity contribution < 1.29 is 14.3 Å². The van der Waals surface area contributed by atoms with Crippen LogP contribution in [-0.2, 0) is 11.3 Å². The SMILES string of the molecule is CCOC(=O)c1cnc(-c2ccc(Cl)cc2)nc1NCc1ccc(C(N)=O)cc1. The van der Waals surface area contributed by atoms with Crippen molar-refractivity contribution in [1.82, 2.24) is 9.97 Å². The Labute approximate surface area is 172 Å². The lowest BCUT2D eigenvalue weighted by molar-refractivity contribution is 0.0526. The number of anilines is 1. The number of nitrogens with two attached hydrogens (primary N) is 1. The van der Waals surface area contributed by atoms with Crippen LogP contribution >= 0.6 is 11.6 Å². The molecule has 1 heterocycles. The minimum absolute atomic E-state index is 0.235. The van der Waals surface area contributed by atoms with Gasteiger partial charge in [0.25, 0.3) is 0 Å². The number of carbonyl (C=O) groups is 2. The first-order valence-corrected chi connectivity index (χ1v) is 9.28. The van der Waals surface area contributed by atoms with Crippen LogP contribution in [0.2, 0.25) is 5.02 Å². The van der Waals surface area contributed by atoms with Crippen molar-refractivity contribution in [2.45, 2.75) is 13.5 Å². The van der Waals surface area contributed by atoms with Crippen molar-refractivity contribution in [3.05, 3.63) is 76.4 Å². The first kappa shape index (κ1) is 20.3. The zero-order valence-electron chi connectivity index (χ0n) is 15.7. The Morgan fingerprint density at radius 1 is 1.10 bits per heavy atom. The van der Waals surface area contributed by atoms with E-state index in [-0.39, 0.29) is 12.2 Å². The van der Waals surface area contributed by atoms with Crippen LogP contribution in [0.15, 0.2) is 54.7 Å². The number of rotatable bonds is 7. The highest BCUT2D eigenvalue weighted by atomic mass is 35.5. The summed E-state index contributed by atoms with van der Waals surface area (Å²) >= 11 is 5.94. The number of ether oxygens (including phenoxy) is 1. The van der Waals surface area contributed by atoms with Crippen LogP contribution in [0.3, 0.4) is 0 Å². The van der Waals surface area contributed by atoms with E-state index in [0.717, 1.165) is 11.1 Å². The molecule has 3 rings (SSSR count). The molecule has 0 bridgehead atoms. The summed E-state index contributed by atoms with van der Waals surface area (Å²) in [7, 11) is 0. The van der Waals surface area contributed by atoms with Crippen LogP contribution in [-0.4, -0.2) is 28.5 Å². The molecule has 7 nitrogen and oxygen atoms in total. The topological polar surface area (TPSA) is 107 Å². The lowest BCUT2D eigenvalue weighted by Crippen LogP contribution is -2.13. The van der Waals surface area contributed by atoms with Gasteiger partial charge in [-0.25, -0.2) is 14.8 Å². The summed E-state index contributed by atoms with van der Waals surface area (Å²) in [5, 5.41) is 3.75. The molecule has 0 fully saturated rings. The Balaban J connectivity index is 1.88. The molecular weight excluding hydrogens is 392 g/mol. The molecule has 0 atom stereocenters. The fourth-order valence-electron chi connectivity index (χ4n) is 2.59. The molecular formula is C21H19ClN4O3. The molecule has 0 spiro atoms. The molecule has 0 aliphatic carbocycles. The average molecular weight is 411 g/mol. The third-order valence-corrected chi connectivity index (χ3v) is 4.34. The first-order chi connectivity index (χ1) is 14.0. The van der Waals surface area contributed by atoms with Crippen molar-refractivity contribution in [2.24, 2.45) is 5.73 Å². The lowest BCUT2D eigenvalue weighted by Gasteiger charge is -2.12. The number of nitrogens with one attached hydrogen (secondary N) is 1. The Hall–Kier alpha value is -3.45. The molecule has 0 aliphatic heterocycles. The molecule has 0 saturated carbocycles. The van der Waals surface area contributed by atoms with Crippen LogP contribution in [0.25, 0.3) is 11.4 Å². The van der Waals surface area contributed by atoms with E-state index in [1.54, 1.807) is 55.5 Å². The highest BCUT2D eigenvalue weighted by Crippen LogP contribution is 2.22. The van der Waals surface area contributed by atoms with E-state index in [0.29, 0.717) is 28.8 Å². The van der Waals surface area contributed by atoms with Crippen LogP contribution in [0.5, 0.6) is 0 Å². The van der Waals surface area contributed by atoms with Crippen molar-refractivity contribution in [1.29, 1.82) is 0 Å². The number of esters is 1. The number of aromatic nitrogens is 2. The van der Waals surface area contributed by atoms with E-state index in [4.69, 9.17) is 22.1 Å². The number of hydrogen-bond donors (Lipinski definition) is 2. The van der Waals surface area contributed by atoms with E-state index < -0.39 is 11.9 Å². The molecule has 0 aliphatic rings. The standard InChI is InChI=1S/C21H19ClN4O3/c1-2-29-21(28)17-12-25-19(15-7-9-16(22)10-8-15)26-20(17)24-11-13-3-5-14(6-4-13)18(23)27/h3-10,12H,2,11H2,1H3,(H2,23,27)(H,24,25,26). The molecule has 3 aromatic rings. The normalized spacial score (nSPS) is 10.4. The van der Waals surface area contributed by atoms with Gasteiger partial charge in [-0.2, -0.15) is 0 Å². The smallest absolute Gasteiger partial charge is 0.343 e. The highest BCUT2D eigenvalue weighted by molar-refractivity contribution is 6.30. The molecule has 0 radical (unpaired) electrons. The molecule has 29 heavy (non-hydrogen) atoms. The van der Waals surface area contributed by atoms with Gasteiger partial charge in [-0.05, 0) is 48.9 Å². The van der Waals surface area contributed by atoms with E-state index >= 15 is 0 Å². The largest absolute Gasteiger partial charge is 0.462 e. The van der Waals surface area contributed by atoms with Gasteiger partial charge in [0.1, 0.15) is 11.4 Å². The van der Waals surface area contributed by atoms with Gasteiger partial charge in [-0.3, -0.25) is 4.79 Å². The zero-order valence-corrected chi connectivity index (χ0v) is 16.4. The summed E-state index contributed by atoms with van der Waals surface area (Å²) in [5.74, 6) is -0.206. The number of carbonyl (C=O) groups excluding carboxylic acids is 2. The number of hydrogen-bond acceptors (Lipinski definition) is 6. The fourth-order valence-corrected chi connectivity index (χ4v) is 2.71. The molecule has 3 N–H and O–H groups in total. The van der Waals surface area contributed by atoms with E-state index in [1.165, 1.54) is 6.20 Å². The molecule has 2 aromatic carbocycles. The van der Waals surface area contributed by atoms with Gasteiger partial charge in [0.2, 0.25) is 5.91 Å². The molecule has 148 valence electrons. The number of amides is 1. The van der Waals surface area contributed by atoms with Crippen molar-refractivity contribution in [3.63, 3.8) is 0 Å². The third-order valence-electron chi connectivity index (χ3n) is 4.08. The maximum atomic E-state index is 12.3. The Bertz CT molecular complexity index is 1020. The molecule has 8 heteroatoms. The molecule has 1 amide bonds. The summed E-state index contributed by atoms with van der Waals surface area (Å²) in [6.45, 7) is 2.35. The maximum Gasteiger partial charge on any atom is 0.343 e. The number of benzene rings is 2. The molecule has 1 aromatic heterocycles. The van der Waals surface area contributed by atoms with Crippen LogP contribution in [0.4, 0.5) is 5.82 Å². The van der Waals surface area contributed by atoms with E-state index in [9.17, 15) is 9.59 Å². The van der Waals surface area contributed by atoms with Gasteiger partial charge in [0, 0.05) is 28.9 Å². The van der Waals surface area contributed by atoms with Crippen LogP contribution < -0.4 is 11.1 Å². The minimum Gasteiger partial charge on any atom is -0.462 e. The summed E-state index contributed by atoms with van der Waals surface area (Å²) in [5.41, 5.74) is 7.57. The number of nitrogens with zero attached hydrogens (tertiary/aromatic N) is 2. The monoisotopic (exact) mass is 410 g/mol. The van der Waals surface area contributed by atoms with E-state index in [1.807, 2.05) is 0 Å². The lowest BCUT2D eigenvalue weighted by atomic mass is 10.1. The Morgan fingerprint density at radius 3 is 2.41 bits per heavy atom.